The first-order valence-corrected chi connectivity index (χ1v) is 10.1. The largest absolute Gasteiger partial charge is 0.497 e. The van der Waals surface area contributed by atoms with E-state index in [9.17, 15) is 9.59 Å². The molecule has 2 aromatic rings. The van der Waals surface area contributed by atoms with Gasteiger partial charge in [0.2, 0.25) is 11.8 Å². The molecule has 8 heteroatoms. The van der Waals surface area contributed by atoms with Crippen LogP contribution in [0.5, 0.6) is 17.2 Å². The van der Waals surface area contributed by atoms with Gasteiger partial charge in [-0.15, -0.1) is 0 Å². The Balaban J connectivity index is 1.49. The van der Waals surface area contributed by atoms with Crippen molar-refractivity contribution in [1.29, 1.82) is 0 Å². The number of ether oxygens (including phenoxy) is 3. The Morgan fingerprint density at radius 1 is 1.27 bits per heavy atom. The van der Waals surface area contributed by atoms with E-state index in [1.807, 2.05) is 30.3 Å². The van der Waals surface area contributed by atoms with Gasteiger partial charge in [-0.1, -0.05) is 11.6 Å². The summed E-state index contributed by atoms with van der Waals surface area (Å²) in [7, 11) is 3.24. The molecule has 0 radical (unpaired) electrons. The van der Waals surface area contributed by atoms with Gasteiger partial charge in [-0.3, -0.25) is 9.59 Å². The van der Waals surface area contributed by atoms with Crippen LogP contribution in [0.4, 0.5) is 0 Å². The quantitative estimate of drug-likeness (QED) is 0.736. The molecule has 1 saturated heterocycles. The van der Waals surface area contributed by atoms with E-state index in [4.69, 9.17) is 25.8 Å². The minimum atomic E-state index is -0.461. The number of hydrogen-bond acceptors (Lipinski definition) is 5. The monoisotopic (exact) mass is 430 g/mol. The van der Waals surface area contributed by atoms with Crippen molar-refractivity contribution in [1.82, 2.24) is 10.6 Å². The van der Waals surface area contributed by atoms with Crippen LogP contribution >= 0.6 is 11.6 Å². The summed E-state index contributed by atoms with van der Waals surface area (Å²) in [5, 5.41) is 6.03. The summed E-state index contributed by atoms with van der Waals surface area (Å²) in [6, 6.07) is 9.00. The number of amides is 2. The highest BCUT2D eigenvalue weighted by molar-refractivity contribution is 6.32. The zero-order valence-corrected chi connectivity index (χ0v) is 17.5. The topological polar surface area (TPSA) is 85.9 Å². The molecule has 2 N–H and O–H groups in total. The Morgan fingerprint density at radius 2 is 2.10 bits per heavy atom. The minimum Gasteiger partial charge on any atom is -0.497 e. The van der Waals surface area contributed by atoms with Gasteiger partial charge in [-0.2, -0.15) is 0 Å². The second-order valence-electron chi connectivity index (χ2n) is 7.36. The first-order valence-electron chi connectivity index (χ1n) is 9.77. The lowest BCUT2D eigenvalue weighted by molar-refractivity contribution is -0.126. The Kier molecular flexibility index (Phi) is 5.72. The predicted octanol–water partition coefficient (Wildman–Crippen LogP) is 2.72. The third kappa shape index (κ3) is 4.03. The number of fused-ring (bicyclic) bond motifs is 1. The molecule has 2 aliphatic rings. The molecular weight excluding hydrogens is 408 g/mol. The van der Waals surface area contributed by atoms with Gasteiger partial charge in [0.25, 0.3) is 0 Å². The summed E-state index contributed by atoms with van der Waals surface area (Å²) in [6.07, 6.45) is 1.30. The van der Waals surface area contributed by atoms with Crippen molar-refractivity contribution >= 4 is 23.4 Å². The van der Waals surface area contributed by atoms with Crippen molar-refractivity contribution in [2.75, 3.05) is 20.8 Å². The number of methoxy groups -OCH3 is 2. The molecule has 0 saturated carbocycles. The Hall–Kier alpha value is -2.93. The molecule has 2 aliphatic heterocycles. The zero-order valence-electron chi connectivity index (χ0n) is 16.8. The van der Waals surface area contributed by atoms with Crippen LogP contribution in [0.15, 0.2) is 30.3 Å². The van der Waals surface area contributed by atoms with E-state index in [2.05, 4.69) is 10.6 Å². The third-order valence-corrected chi connectivity index (χ3v) is 5.67. The van der Waals surface area contributed by atoms with Crippen molar-refractivity contribution in [2.24, 2.45) is 0 Å². The van der Waals surface area contributed by atoms with Crippen molar-refractivity contribution in [3.63, 3.8) is 0 Å². The second-order valence-corrected chi connectivity index (χ2v) is 7.77. The molecule has 2 heterocycles. The number of hydrogen-bond donors (Lipinski definition) is 2. The number of halogens is 1. The summed E-state index contributed by atoms with van der Waals surface area (Å²) in [5.41, 5.74) is 2.74. The van der Waals surface area contributed by atoms with Crippen LogP contribution in [0.1, 0.15) is 18.4 Å². The molecule has 4 rings (SSSR count). The SMILES string of the molecule is COc1ccc(OC)c(-c2cc(Cl)c3c(c2)C[C@H](CNC(=O)[C@@H]2CCC(=O)N2)O3)c1. The molecule has 2 aromatic carbocycles. The average Bonchev–Trinajstić information content (AvgIpc) is 3.37. The van der Waals surface area contributed by atoms with Crippen LogP contribution in [0.2, 0.25) is 5.02 Å². The molecule has 0 aromatic heterocycles. The summed E-state index contributed by atoms with van der Waals surface area (Å²) < 4.78 is 16.8. The van der Waals surface area contributed by atoms with E-state index >= 15 is 0 Å². The van der Waals surface area contributed by atoms with Crippen LogP contribution in [-0.4, -0.2) is 44.7 Å². The summed E-state index contributed by atoms with van der Waals surface area (Å²) >= 11 is 6.51. The van der Waals surface area contributed by atoms with Crippen LogP contribution in [0.25, 0.3) is 11.1 Å². The summed E-state index contributed by atoms with van der Waals surface area (Å²) in [5.74, 6) is 1.79. The van der Waals surface area contributed by atoms with Crippen molar-refractivity contribution in [3.05, 3.63) is 40.9 Å². The second kappa shape index (κ2) is 8.44. The van der Waals surface area contributed by atoms with Crippen LogP contribution < -0.4 is 24.8 Å². The molecule has 30 heavy (non-hydrogen) atoms. The maximum atomic E-state index is 12.2. The van der Waals surface area contributed by atoms with Crippen molar-refractivity contribution in [3.8, 4) is 28.4 Å². The van der Waals surface area contributed by atoms with Gasteiger partial charge in [-0.25, -0.2) is 0 Å². The average molecular weight is 431 g/mol. The maximum Gasteiger partial charge on any atom is 0.242 e. The molecule has 1 fully saturated rings. The molecule has 0 aliphatic carbocycles. The highest BCUT2D eigenvalue weighted by Gasteiger charge is 2.30. The van der Waals surface area contributed by atoms with E-state index < -0.39 is 6.04 Å². The van der Waals surface area contributed by atoms with Gasteiger partial charge in [0, 0.05) is 24.0 Å². The Bertz CT molecular complexity index is 994. The summed E-state index contributed by atoms with van der Waals surface area (Å²) in [4.78, 5) is 23.5. The zero-order chi connectivity index (χ0) is 21.3. The van der Waals surface area contributed by atoms with Crippen LogP contribution in [0, 0.1) is 0 Å². The highest BCUT2D eigenvalue weighted by atomic mass is 35.5. The minimum absolute atomic E-state index is 0.0908. The predicted molar refractivity (Wildman–Crippen MR) is 112 cm³/mol. The van der Waals surface area contributed by atoms with E-state index in [1.54, 1.807) is 14.2 Å². The molecule has 2 atom stereocenters. The molecule has 158 valence electrons. The lowest BCUT2D eigenvalue weighted by Gasteiger charge is -2.15. The van der Waals surface area contributed by atoms with Crippen molar-refractivity contribution in [2.45, 2.75) is 31.4 Å². The van der Waals surface area contributed by atoms with Gasteiger partial charge < -0.3 is 24.8 Å². The fraction of sp³-hybridized carbons (Fsp3) is 0.364. The van der Waals surface area contributed by atoms with E-state index in [0.29, 0.717) is 42.3 Å². The van der Waals surface area contributed by atoms with E-state index in [-0.39, 0.29) is 17.9 Å². The Morgan fingerprint density at radius 3 is 2.80 bits per heavy atom. The van der Waals surface area contributed by atoms with Crippen molar-refractivity contribution < 1.29 is 23.8 Å². The first-order chi connectivity index (χ1) is 14.5. The molecule has 7 nitrogen and oxygen atoms in total. The van der Waals surface area contributed by atoms with E-state index in [1.165, 1.54) is 0 Å². The fourth-order valence-corrected chi connectivity index (χ4v) is 4.13. The highest BCUT2D eigenvalue weighted by Crippen LogP contribution is 2.42. The van der Waals surface area contributed by atoms with Gasteiger partial charge in [0.05, 0.1) is 25.8 Å². The van der Waals surface area contributed by atoms with Gasteiger partial charge in [0.15, 0.2) is 0 Å². The molecular formula is C22H23ClN2O5. The Labute approximate surface area is 179 Å². The smallest absolute Gasteiger partial charge is 0.242 e. The number of benzene rings is 2. The van der Waals surface area contributed by atoms with Gasteiger partial charge in [-0.05, 0) is 42.3 Å². The molecule has 0 unspecified atom stereocenters. The molecule has 2 amide bonds. The molecule has 0 spiro atoms. The van der Waals surface area contributed by atoms with Gasteiger partial charge >= 0.3 is 0 Å². The first kappa shape index (κ1) is 20.3. The molecule has 0 bridgehead atoms. The third-order valence-electron chi connectivity index (χ3n) is 5.39. The fourth-order valence-electron chi connectivity index (χ4n) is 3.84. The maximum absolute atomic E-state index is 12.2. The van der Waals surface area contributed by atoms with Gasteiger partial charge in [0.1, 0.15) is 29.4 Å². The normalized spacial score (nSPS) is 19.6. The van der Waals surface area contributed by atoms with Crippen LogP contribution in [0.3, 0.4) is 0 Å². The number of rotatable bonds is 6. The number of carbonyl (C=O) groups is 2. The summed E-state index contributed by atoms with van der Waals surface area (Å²) in [6.45, 7) is 0.341. The number of nitrogens with one attached hydrogen (secondary N) is 2. The van der Waals surface area contributed by atoms with Crippen LogP contribution in [-0.2, 0) is 16.0 Å². The standard InChI is InChI=1S/C22H23ClN2O5/c1-28-14-3-5-19(29-2)16(10-14)12-7-13-8-15(30-21(13)17(23)9-12)11-24-22(27)18-4-6-20(26)25-18/h3,5,7,9-10,15,18H,4,6,8,11H2,1-2H3,(H,24,27)(H,25,26)/t15-,18+/m1/s1. The lowest BCUT2D eigenvalue weighted by atomic mass is 9.99. The number of carbonyl (C=O) groups excluding carboxylic acids is 2. The lowest BCUT2D eigenvalue weighted by Crippen LogP contribution is -2.44. The van der Waals surface area contributed by atoms with E-state index in [0.717, 1.165) is 22.4 Å².